The van der Waals surface area contributed by atoms with Crippen LogP contribution in [0.5, 0.6) is 0 Å². The number of nitrogens with zero attached hydrogens (tertiary/aromatic N) is 1. The zero-order valence-corrected chi connectivity index (χ0v) is 15.9. The highest BCUT2D eigenvalue weighted by atomic mass is 35.5. The van der Waals surface area contributed by atoms with Crippen molar-refractivity contribution >= 4 is 46.4 Å². The Bertz CT molecular complexity index is 935. The van der Waals surface area contributed by atoms with Crippen LogP contribution in [0.15, 0.2) is 94.2 Å². The molecule has 0 aliphatic carbocycles. The number of halogens is 3. The average Bonchev–Trinajstić information content (AvgIpc) is 2.63. The maximum atomic E-state index is 13.0. The monoisotopic (exact) mass is 401 g/mol. The van der Waals surface area contributed by atoms with E-state index in [1.807, 2.05) is 53.9 Å². The van der Waals surface area contributed by atoms with E-state index in [2.05, 4.69) is 0 Å². The van der Waals surface area contributed by atoms with E-state index < -0.39 is 0 Å². The largest absolute Gasteiger partial charge is 0.248 e. The highest BCUT2D eigenvalue weighted by molar-refractivity contribution is 8.02. The standard InChI is InChI=1S/C21H14Cl2FNS/c22-16-6-4-15(5-7-16)21(25-19-3-1-2-17(23)14-19)12-13-26-20-10-8-18(24)9-11-20/h1-14H/b13-12+,25-21?. The highest BCUT2D eigenvalue weighted by Gasteiger charge is 2.02. The predicted molar refractivity (Wildman–Crippen MR) is 110 cm³/mol. The van der Waals surface area contributed by atoms with Gasteiger partial charge in [0.15, 0.2) is 0 Å². The number of hydrogen-bond acceptors (Lipinski definition) is 2. The molecule has 0 bridgehead atoms. The van der Waals surface area contributed by atoms with Crippen molar-refractivity contribution in [3.63, 3.8) is 0 Å². The lowest BCUT2D eigenvalue weighted by atomic mass is 10.1. The maximum Gasteiger partial charge on any atom is 0.123 e. The minimum atomic E-state index is -0.247. The lowest BCUT2D eigenvalue weighted by molar-refractivity contribution is 0.626. The molecule has 0 fully saturated rings. The normalized spacial score (nSPS) is 11.9. The van der Waals surface area contributed by atoms with Gasteiger partial charge in [-0.05, 0) is 66.1 Å². The van der Waals surface area contributed by atoms with Crippen LogP contribution in [0.2, 0.25) is 10.0 Å². The third-order valence-electron chi connectivity index (χ3n) is 3.44. The van der Waals surface area contributed by atoms with Crippen molar-refractivity contribution in [1.82, 2.24) is 0 Å². The number of rotatable bonds is 5. The Morgan fingerprint density at radius 1 is 0.885 bits per heavy atom. The van der Waals surface area contributed by atoms with Gasteiger partial charge < -0.3 is 0 Å². The van der Waals surface area contributed by atoms with Crippen LogP contribution in [0.4, 0.5) is 10.1 Å². The van der Waals surface area contributed by atoms with Crippen molar-refractivity contribution in [1.29, 1.82) is 0 Å². The summed E-state index contributed by atoms with van der Waals surface area (Å²) >= 11 is 13.5. The van der Waals surface area contributed by atoms with Crippen molar-refractivity contribution in [2.24, 2.45) is 4.99 Å². The van der Waals surface area contributed by atoms with Gasteiger partial charge in [-0.25, -0.2) is 9.38 Å². The molecule has 3 rings (SSSR count). The van der Waals surface area contributed by atoms with Crippen LogP contribution in [0.25, 0.3) is 0 Å². The minimum absolute atomic E-state index is 0.247. The van der Waals surface area contributed by atoms with Gasteiger partial charge in [0.2, 0.25) is 0 Å². The van der Waals surface area contributed by atoms with Gasteiger partial charge in [-0.15, -0.1) is 0 Å². The van der Waals surface area contributed by atoms with Crippen LogP contribution >= 0.6 is 35.0 Å². The smallest absolute Gasteiger partial charge is 0.123 e. The molecule has 0 N–H and O–H groups in total. The Kier molecular flexibility index (Phi) is 6.51. The van der Waals surface area contributed by atoms with Gasteiger partial charge >= 0.3 is 0 Å². The van der Waals surface area contributed by atoms with E-state index in [0.29, 0.717) is 10.0 Å². The first-order valence-electron chi connectivity index (χ1n) is 7.79. The van der Waals surface area contributed by atoms with Crippen LogP contribution in [0.3, 0.4) is 0 Å². The Morgan fingerprint density at radius 2 is 1.62 bits per heavy atom. The predicted octanol–water partition coefficient (Wildman–Crippen LogP) is 7.56. The number of hydrogen-bond donors (Lipinski definition) is 0. The molecule has 1 nitrogen and oxygen atoms in total. The topological polar surface area (TPSA) is 12.4 Å². The number of thioether (sulfide) groups is 1. The van der Waals surface area contributed by atoms with Gasteiger partial charge in [0.05, 0.1) is 11.4 Å². The molecule has 0 saturated heterocycles. The lowest BCUT2D eigenvalue weighted by Crippen LogP contribution is -1.95. The molecule has 130 valence electrons. The molecule has 0 unspecified atom stereocenters. The molecular formula is C21H14Cl2FNS. The first kappa shape index (κ1) is 18.7. The van der Waals surface area contributed by atoms with Crippen LogP contribution < -0.4 is 0 Å². The molecule has 0 aliphatic heterocycles. The summed E-state index contributed by atoms with van der Waals surface area (Å²) < 4.78 is 13.0. The molecule has 3 aromatic rings. The van der Waals surface area contributed by atoms with Gasteiger partial charge in [-0.2, -0.15) is 0 Å². The van der Waals surface area contributed by atoms with Crippen molar-refractivity contribution in [2.75, 3.05) is 0 Å². The molecule has 0 saturated carbocycles. The maximum absolute atomic E-state index is 13.0. The second kappa shape index (κ2) is 9.04. The van der Waals surface area contributed by atoms with Gasteiger partial charge in [0.25, 0.3) is 0 Å². The highest BCUT2D eigenvalue weighted by Crippen LogP contribution is 2.23. The van der Waals surface area contributed by atoms with E-state index in [4.69, 9.17) is 28.2 Å². The third-order valence-corrected chi connectivity index (χ3v) is 4.74. The minimum Gasteiger partial charge on any atom is -0.248 e. The summed E-state index contributed by atoms with van der Waals surface area (Å²) in [6.07, 6.45) is 1.91. The summed E-state index contributed by atoms with van der Waals surface area (Å²) in [5, 5.41) is 3.22. The van der Waals surface area contributed by atoms with Gasteiger partial charge in [0, 0.05) is 20.5 Å². The van der Waals surface area contributed by atoms with Gasteiger partial charge in [0.1, 0.15) is 5.82 Å². The van der Waals surface area contributed by atoms with Crippen molar-refractivity contribution in [3.8, 4) is 0 Å². The molecule has 0 radical (unpaired) electrons. The fourth-order valence-corrected chi connectivity index (χ4v) is 3.15. The van der Waals surface area contributed by atoms with Crippen LogP contribution in [0, 0.1) is 5.82 Å². The molecule has 0 aliphatic rings. The summed E-state index contributed by atoms with van der Waals surface area (Å²) in [5.41, 5.74) is 2.47. The lowest BCUT2D eigenvalue weighted by Gasteiger charge is -2.04. The summed E-state index contributed by atoms with van der Waals surface area (Å²) in [4.78, 5) is 5.64. The molecule has 0 heterocycles. The summed E-state index contributed by atoms with van der Waals surface area (Å²) in [5.74, 6) is -0.247. The van der Waals surface area contributed by atoms with E-state index >= 15 is 0 Å². The number of allylic oxidation sites excluding steroid dienone is 1. The van der Waals surface area contributed by atoms with Crippen molar-refractivity contribution in [3.05, 3.63) is 106 Å². The van der Waals surface area contributed by atoms with E-state index in [0.717, 1.165) is 21.9 Å². The zero-order valence-electron chi connectivity index (χ0n) is 13.6. The van der Waals surface area contributed by atoms with E-state index in [1.165, 1.54) is 23.9 Å². The summed E-state index contributed by atoms with van der Waals surface area (Å²) in [6, 6.07) is 21.2. The van der Waals surface area contributed by atoms with E-state index in [1.54, 1.807) is 18.2 Å². The van der Waals surface area contributed by atoms with E-state index in [-0.39, 0.29) is 5.82 Å². The van der Waals surface area contributed by atoms with Gasteiger partial charge in [-0.3, -0.25) is 0 Å². The van der Waals surface area contributed by atoms with E-state index in [9.17, 15) is 4.39 Å². The number of aliphatic imine (C=N–C) groups is 1. The SMILES string of the molecule is Fc1ccc(S/C=C/C(=Nc2cccc(Cl)c2)c2ccc(Cl)cc2)cc1. The quantitative estimate of drug-likeness (QED) is 0.317. The van der Waals surface area contributed by atoms with Crippen molar-refractivity contribution < 1.29 is 4.39 Å². The van der Waals surface area contributed by atoms with Crippen LogP contribution in [0.1, 0.15) is 5.56 Å². The molecule has 26 heavy (non-hydrogen) atoms. The van der Waals surface area contributed by atoms with Crippen LogP contribution in [-0.4, -0.2) is 5.71 Å². The molecule has 0 spiro atoms. The average molecular weight is 402 g/mol. The molecular weight excluding hydrogens is 388 g/mol. The fraction of sp³-hybridized carbons (Fsp3) is 0. The first-order valence-corrected chi connectivity index (χ1v) is 9.43. The van der Waals surface area contributed by atoms with Crippen LogP contribution in [-0.2, 0) is 0 Å². The molecule has 3 aromatic carbocycles. The number of benzene rings is 3. The van der Waals surface area contributed by atoms with Crippen molar-refractivity contribution in [2.45, 2.75) is 4.90 Å². The first-order chi connectivity index (χ1) is 12.6. The molecule has 0 aromatic heterocycles. The molecule has 5 heteroatoms. The summed E-state index contributed by atoms with van der Waals surface area (Å²) in [7, 11) is 0. The Morgan fingerprint density at radius 3 is 2.31 bits per heavy atom. The third kappa shape index (κ3) is 5.46. The second-order valence-electron chi connectivity index (χ2n) is 5.36. The molecule has 0 amide bonds. The Balaban J connectivity index is 1.88. The zero-order chi connectivity index (χ0) is 18.4. The Labute approximate surface area is 166 Å². The second-order valence-corrected chi connectivity index (χ2v) is 7.21. The summed E-state index contributed by atoms with van der Waals surface area (Å²) in [6.45, 7) is 0. The van der Waals surface area contributed by atoms with Gasteiger partial charge in [-0.1, -0.05) is 53.2 Å². The molecule has 0 atom stereocenters. The fourth-order valence-electron chi connectivity index (χ4n) is 2.19. The Hall–Kier alpha value is -2.07.